The number of rotatable bonds is 5. The van der Waals surface area contributed by atoms with Crippen LogP contribution in [0.4, 0.5) is 0 Å². The summed E-state index contributed by atoms with van der Waals surface area (Å²) in [7, 11) is 0. The van der Waals surface area contributed by atoms with E-state index >= 15 is 0 Å². The standard InChI is InChI=1S/C20H25N/c1-2-20(16-18-10-5-3-6-11-18)14-9-15-21(20)17-19-12-7-4-8-13-19/h3-8,10-13H,2,9,14-17H2,1H3. The summed E-state index contributed by atoms with van der Waals surface area (Å²) in [6, 6.07) is 21.9. The van der Waals surface area contributed by atoms with Crippen LogP contribution < -0.4 is 0 Å². The molecule has 0 bridgehead atoms. The lowest BCUT2D eigenvalue weighted by Crippen LogP contribution is -2.44. The van der Waals surface area contributed by atoms with Crippen LogP contribution in [0.2, 0.25) is 0 Å². The maximum atomic E-state index is 2.72. The number of likely N-dealkylation sites (tertiary alicyclic amines) is 1. The van der Waals surface area contributed by atoms with Crippen LogP contribution in [0.15, 0.2) is 60.7 Å². The Labute approximate surface area is 128 Å². The predicted octanol–water partition coefficient (Wildman–Crippen LogP) is 4.67. The third kappa shape index (κ3) is 3.19. The second-order valence-corrected chi connectivity index (χ2v) is 6.25. The zero-order chi connectivity index (χ0) is 14.5. The Hall–Kier alpha value is -1.60. The highest BCUT2D eigenvalue weighted by Gasteiger charge is 2.39. The van der Waals surface area contributed by atoms with Gasteiger partial charge in [0, 0.05) is 12.1 Å². The number of hydrogen-bond donors (Lipinski definition) is 0. The Kier molecular flexibility index (Phi) is 4.40. The molecule has 3 rings (SSSR count). The van der Waals surface area contributed by atoms with E-state index in [-0.39, 0.29) is 0 Å². The van der Waals surface area contributed by atoms with E-state index in [0.29, 0.717) is 5.54 Å². The molecule has 1 unspecified atom stereocenters. The van der Waals surface area contributed by atoms with Gasteiger partial charge in [0.15, 0.2) is 0 Å². The molecule has 2 aromatic carbocycles. The third-order valence-electron chi connectivity index (χ3n) is 4.99. The molecule has 0 amide bonds. The summed E-state index contributed by atoms with van der Waals surface area (Å²) in [5, 5.41) is 0. The van der Waals surface area contributed by atoms with Crippen molar-refractivity contribution in [1.29, 1.82) is 0 Å². The largest absolute Gasteiger partial charge is 0.293 e. The third-order valence-corrected chi connectivity index (χ3v) is 4.99. The molecular formula is C20H25N. The van der Waals surface area contributed by atoms with Crippen molar-refractivity contribution in [2.45, 2.75) is 44.7 Å². The fourth-order valence-corrected chi connectivity index (χ4v) is 3.75. The first-order valence-corrected chi connectivity index (χ1v) is 8.15. The van der Waals surface area contributed by atoms with Gasteiger partial charge in [-0.05, 0) is 43.4 Å². The van der Waals surface area contributed by atoms with E-state index in [1.54, 1.807) is 0 Å². The fourth-order valence-electron chi connectivity index (χ4n) is 3.75. The van der Waals surface area contributed by atoms with Gasteiger partial charge in [0.1, 0.15) is 0 Å². The molecule has 1 saturated heterocycles. The molecule has 1 aliphatic rings. The number of benzene rings is 2. The van der Waals surface area contributed by atoms with Gasteiger partial charge in [0.25, 0.3) is 0 Å². The van der Waals surface area contributed by atoms with Crippen molar-refractivity contribution in [1.82, 2.24) is 4.90 Å². The van der Waals surface area contributed by atoms with Gasteiger partial charge in [-0.1, -0.05) is 67.6 Å². The van der Waals surface area contributed by atoms with E-state index in [4.69, 9.17) is 0 Å². The molecule has 0 N–H and O–H groups in total. The van der Waals surface area contributed by atoms with E-state index in [1.807, 2.05) is 0 Å². The zero-order valence-corrected chi connectivity index (χ0v) is 13.0. The molecule has 1 heteroatoms. The normalized spacial score (nSPS) is 22.5. The van der Waals surface area contributed by atoms with Gasteiger partial charge in [-0.2, -0.15) is 0 Å². The molecule has 2 aromatic rings. The Morgan fingerprint density at radius 2 is 1.52 bits per heavy atom. The summed E-state index contributed by atoms with van der Waals surface area (Å²) in [6.45, 7) is 4.67. The Bertz CT molecular complexity index is 549. The zero-order valence-electron chi connectivity index (χ0n) is 13.0. The molecule has 0 spiro atoms. The minimum absolute atomic E-state index is 0.344. The van der Waals surface area contributed by atoms with Crippen molar-refractivity contribution in [3.63, 3.8) is 0 Å². The first-order valence-electron chi connectivity index (χ1n) is 8.15. The van der Waals surface area contributed by atoms with Crippen molar-refractivity contribution in [3.8, 4) is 0 Å². The van der Waals surface area contributed by atoms with Crippen LogP contribution in [0.3, 0.4) is 0 Å². The summed E-state index contributed by atoms with van der Waals surface area (Å²) in [5.41, 5.74) is 3.25. The summed E-state index contributed by atoms with van der Waals surface area (Å²) < 4.78 is 0. The van der Waals surface area contributed by atoms with E-state index in [0.717, 1.165) is 6.54 Å². The van der Waals surface area contributed by atoms with Crippen LogP contribution in [0.5, 0.6) is 0 Å². The van der Waals surface area contributed by atoms with E-state index in [1.165, 1.54) is 43.4 Å². The molecule has 1 nitrogen and oxygen atoms in total. The molecule has 1 fully saturated rings. The van der Waals surface area contributed by atoms with Gasteiger partial charge in [0.2, 0.25) is 0 Å². The van der Waals surface area contributed by atoms with E-state index in [9.17, 15) is 0 Å². The predicted molar refractivity (Wildman–Crippen MR) is 89.3 cm³/mol. The summed E-state index contributed by atoms with van der Waals surface area (Å²) in [6.07, 6.45) is 5.06. The quantitative estimate of drug-likeness (QED) is 0.768. The van der Waals surface area contributed by atoms with Crippen LogP contribution >= 0.6 is 0 Å². The molecule has 0 saturated carbocycles. The maximum Gasteiger partial charge on any atom is 0.0251 e. The SMILES string of the molecule is CCC1(Cc2ccccc2)CCCN1Cc1ccccc1. The minimum Gasteiger partial charge on any atom is -0.293 e. The molecular weight excluding hydrogens is 254 g/mol. The second kappa shape index (κ2) is 6.44. The molecule has 21 heavy (non-hydrogen) atoms. The van der Waals surface area contributed by atoms with Crippen molar-refractivity contribution in [2.24, 2.45) is 0 Å². The van der Waals surface area contributed by atoms with E-state index in [2.05, 4.69) is 72.5 Å². The smallest absolute Gasteiger partial charge is 0.0251 e. The first-order chi connectivity index (χ1) is 10.3. The van der Waals surface area contributed by atoms with E-state index < -0.39 is 0 Å². The molecule has 110 valence electrons. The van der Waals surface area contributed by atoms with Gasteiger partial charge >= 0.3 is 0 Å². The number of nitrogens with zero attached hydrogens (tertiary/aromatic N) is 1. The topological polar surface area (TPSA) is 3.24 Å². The van der Waals surface area contributed by atoms with Crippen molar-refractivity contribution >= 4 is 0 Å². The second-order valence-electron chi connectivity index (χ2n) is 6.25. The molecule has 1 heterocycles. The van der Waals surface area contributed by atoms with Gasteiger partial charge in [-0.15, -0.1) is 0 Å². The average Bonchev–Trinajstić information content (AvgIpc) is 2.92. The van der Waals surface area contributed by atoms with Crippen LogP contribution in [-0.4, -0.2) is 17.0 Å². The number of hydrogen-bond acceptors (Lipinski definition) is 1. The van der Waals surface area contributed by atoms with Crippen molar-refractivity contribution in [2.75, 3.05) is 6.54 Å². The average molecular weight is 279 g/mol. The lowest BCUT2D eigenvalue weighted by molar-refractivity contribution is 0.123. The lowest BCUT2D eigenvalue weighted by Gasteiger charge is -2.38. The Morgan fingerprint density at radius 3 is 2.14 bits per heavy atom. The Balaban J connectivity index is 1.79. The summed E-state index contributed by atoms with van der Waals surface area (Å²) in [4.78, 5) is 2.72. The molecule has 0 aromatic heterocycles. The highest BCUT2D eigenvalue weighted by molar-refractivity contribution is 5.20. The summed E-state index contributed by atoms with van der Waals surface area (Å²) >= 11 is 0. The van der Waals surface area contributed by atoms with Crippen LogP contribution in [0, 0.1) is 0 Å². The van der Waals surface area contributed by atoms with Crippen LogP contribution in [-0.2, 0) is 13.0 Å². The van der Waals surface area contributed by atoms with Gasteiger partial charge in [0.05, 0.1) is 0 Å². The minimum atomic E-state index is 0.344. The van der Waals surface area contributed by atoms with Gasteiger partial charge in [-0.3, -0.25) is 4.90 Å². The molecule has 1 aliphatic heterocycles. The molecule has 1 atom stereocenters. The van der Waals surface area contributed by atoms with Gasteiger partial charge < -0.3 is 0 Å². The highest BCUT2D eigenvalue weighted by atomic mass is 15.2. The van der Waals surface area contributed by atoms with Crippen molar-refractivity contribution in [3.05, 3.63) is 71.8 Å². The van der Waals surface area contributed by atoms with Crippen LogP contribution in [0.25, 0.3) is 0 Å². The molecule has 0 aliphatic carbocycles. The lowest BCUT2D eigenvalue weighted by atomic mass is 9.85. The molecule has 0 radical (unpaired) electrons. The van der Waals surface area contributed by atoms with Crippen molar-refractivity contribution < 1.29 is 0 Å². The monoisotopic (exact) mass is 279 g/mol. The fraction of sp³-hybridized carbons (Fsp3) is 0.400. The van der Waals surface area contributed by atoms with Crippen LogP contribution in [0.1, 0.15) is 37.3 Å². The van der Waals surface area contributed by atoms with Gasteiger partial charge in [-0.25, -0.2) is 0 Å². The highest BCUT2D eigenvalue weighted by Crippen LogP contribution is 2.36. The summed E-state index contributed by atoms with van der Waals surface area (Å²) in [5.74, 6) is 0. The maximum absolute atomic E-state index is 2.72. The Morgan fingerprint density at radius 1 is 0.905 bits per heavy atom. The first kappa shape index (κ1) is 14.3.